The highest BCUT2D eigenvalue weighted by molar-refractivity contribution is 8.00. The summed E-state index contributed by atoms with van der Waals surface area (Å²) in [7, 11) is -2.90. The second-order valence-corrected chi connectivity index (χ2v) is 6.12. The zero-order chi connectivity index (χ0) is 10.6. The van der Waals surface area contributed by atoms with E-state index >= 15 is 0 Å². The molecule has 0 radical (unpaired) electrons. The minimum atomic E-state index is -2.90. The quantitative estimate of drug-likeness (QED) is 0.693. The lowest BCUT2D eigenvalue weighted by Crippen LogP contribution is -2.10. The smallest absolute Gasteiger partial charge is 0.216 e. The highest BCUT2D eigenvalue weighted by Crippen LogP contribution is 2.12. The molecule has 3 N–H and O–H groups in total. The molecule has 0 amide bonds. The molecule has 0 unspecified atom stereocenters. The van der Waals surface area contributed by atoms with Gasteiger partial charge in [-0.15, -0.1) is 5.10 Å². The van der Waals surface area contributed by atoms with Gasteiger partial charge in [-0.25, -0.2) is 13.5 Å². The zero-order valence-electron chi connectivity index (χ0n) is 7.73. The van der Waals surface area contributed by atoms with Crippen LogP contribution in [0.15, 0.2) is 5.16 Å². The fourth-order valence-corrected chi connectivity index (χ4v) is 2.82. The first-order chi connectivity index (χ1) is 6.53. The van der Waals surface area contributed by atoms with Crippen LogP contribution in [-0.4, -0.2) is 40.9 Å². The van der Waals surface area contributed by atoms with Crippen LogP contribution in [0.2, 0.25) is 0 Å². The van der Waals surface area contributed by atoms with Gasteiger partial charge >= 0.3 is 0 Å². The van der Waals surface area contributed by atoms with E-state index < -0.39 is 9.84 Å². The Morgan fingerprint density at radius 1 is 1.57 bits per heavy atom. The van der Waals surface area contributed by atoms with Crippen molar-refractivity contribution in [1.82, 2.24) is 15.2 Å². The standard InChI is InChI=1S/C6H12N4O2S2/c1-2-14(11,12)4-3-13-6-8-5(7)9-10-6/h2-4H2,1H3,(H3,7,8,9,10). The zero-order valence-corrected chi connectivity index (χ0v) is 9.36. The highest BCUT2D eigenvalue weighted by Gasteiger charge is 2.08. The van der Waals surface area contributed by atoms with Gasteiger partial charge in [0.25, 0.3) is 0 Å². The lowest BCUT2D eigenvalue weighted by atomic mass is 10.9. The molecule has 14 heavy (non-hydrogen) atoms. The molecule has 0 spiro atoms. The van der Waals surface area contributed by atoms with Crippen LogP contribution in [0, 0.1) is 0 Å². The average molecular weight is 236 g/mol. The van der Waals surface area contributed by atoms with E-state index in [0.717, 1.165) is 0 Å². The summed E-state index contributed by atoms with van der Waals surface area (Å²) in [5.74, 6) is 1.01. The van der Waals surface area contributed by atoms with Crippen LogP contribution >= 0.6 is 11.8 Å². The first-order valence-corrected chi connectivity index (χ1v) is 6.85. The normalized spacial score (nSPS) is 11.8. The Balaban J connectivity index is 2.36. The maximum Gasteiger partial charge on any atom is 0.216 e. The van der Waals surface area contributed by atoms with E-state index in [4.69, 9.17) is 5.73 Å². The maximum absolute atomic E-state index is 11.1. The van der Waals surface area contributed by atoms with Crippen molar-refractivity contribution in [3.05, 3.63) is 0 Å². The number of rotatable bonds is 5. The molecule has 0 aliphatic rings. The number of hydrogen-bond acceptors (Lipinski definition) is 6. The summed E-state index contributed by atoms with van der Waals surface area (Å²) in [5, 5.41) is 6.73. The van der Waals surface area contributed by atoms with Gasteiger partial charge in [-0.1, -0.05) is 18.7 Å². The van der Waals surface area contributed by atoms with Crippen LogP contribution in [0.5, 0.6) is 0 Å². The van der Waals surface area contributed by atoms with Gasteiger partial charge in [0.2, 0.25) is 11.1 Å². The number of aromatic nitrogens is 3. The van der Waals surface area contributed by atoms with Gasteiger partial charge in [0.05, 0.1) is 5.75 Å². The Labute approximate surface area is 86.6 Å². The lowest BCUT2D eigenvalue weighted by molar-refractivity contribution is 0.599. The molecule has 0 aliphatic heterocycles. The van der Waals surface area contributed by atoms with Gasteiger partial charge < -0.3 is 5.73 Å². The van der Waals surface area contributed by atoms with Gasteiger partial charge in [-0.2, -0.15) is 4.98 Å². The third-order valence-corrected chi connectivity index (χ3v) is 4.36. The van der Waals surface area contributed by atoms with Crippen molar-refractivity contribution in [2.24, 2.45) is 0 Å². The largest absolute Gasteiger partial charge is 0.368 e. The number of anilines is 1. The van der Waals surface area contributed by atoms with Crippen LogP contribution in [0.4, 0.5) is 5.95 Å². The molecule has 0 aliphatic carbocycles. The maximum atomic E-state index is 11.1. The van der Waals surface area contributed by atoms with Crippen LogP contribution in [0.3, 0.4) is 0 Å². The summed E-state index contributed by atoms with van der Waals surface area (Å²) < 4.78 is 22.2. The molecule has 80 valence electrons. The Morgan fingerprint density at radius 2 is 2.29 bits per heavy atom. The first kappa shape index (κ1) is 11.3. The molecule has 1 aromatic heterocycles. The Bertz CT molecular complexity index is 386. The second kappa shape index (κ2) is 4.65. The molecule has 8 heteroatoms. The Morgan fingerprint density at radius 3 is 2.79 bits per heavy atom. The SMILES string of the molecule is CCS(=O)(=O)CCSc1n[nH]c(N)n1. The van der Waals surface area contributed by atoms with Crippen molar-refractivity contribution >= 4 is 27.5 Å². The van der Waals surface area contributed by atoms with Crippen molar-refractivity contribution in [3.63, 3.8) is 0 Å². The van der Waals surface area contributed by atoms with Gasteiger partial charge in [-0.3, -0.25) is 0 Å². The van der Waals surface area contributed by atoms with Gasteiger partial charge in [0.15, 0.2) is 9.84 Å². The van der Waals surface area contributed by atoms with Gasteiger partial charge in [-0.05, 0) is 0 Å². The number of nitrogen functional groups attached to an aromatic ring is 1. The van der Waals surface area contributed by atoms with Gasteiger partial charge in [0, 0.05) is 11.5 Å². The summed E-state index contributed by atoms with van der Waals surface area (Å²) in [4.78, 5) is 3.84. The van der Waals surface area contributed by atoms with Crippen LogP contribution in [0.1, 0.15) is 6.92 Å². The van der Waals surface area contributed by atoms with Gasteiger partial charge in [0.1, 0.15) is 0 Å². The fraction of sp³-hybridized carbons (Fsp3) is 0.667. The molecule has 1 heterocycles. The third-order valence-electron chi connectivity index (χ3n) is 1.55. The molecular weight excluding hydrogens is 224 g/mol. The molecule has 1 aromatic rings. The topological polar surface area (TPSA) is 102 Å². The molecule has 6 nitrogen and oxygen atoms in total. The van der Waals surface area contributed by atoms with E-state index in [2.05, 4.69) is 15.2 Å². The number of hydrogen-bond donors (Lipinski definition) is 2. The molecular formula is C6H12N4O2S2. The fourth-order valence-electron chi connectivity index (χ4n) is 0.727. The average Bonchev–Trinajstić information content (AvgIpc) is 2.51. The number of H-pyrrole nitrogens is 1. The number of aromatic amines is 1. The summed E-state index contributed by atoms with van der Waals surface area (Å²) >= 11 is 1.27. The molecule has 0 bridgehead atoms. The summed E-state index contributed by atoms with van der Waals surface area (Å²) in [6, 6.07) is 0. The number of sulfone groups is 1. The minimum absolute atomic E-state index is 0.141. The number of nitrogens with two attached hydrogens (primary N) is 1. The summed E-state index contributed by atoms with van der Waals surface area (Å²) in [6.07, 6.45) is 0. The molecule has 0 fully saturated rings. The number of nitrogens with zero attached hydrogens (tertiary/aromatic N) is 2. The second-order valence-electron chi connectivity index (χ2n) is 2.59. The molecule has 0 saturated carbocycles. The monoisotopic (exact) mass is 236 g/mol. The Kier molecular flexibility index (Phi) is 3.76. The van der Waals surface area contributed by atoms with E-state index in [9.17, 15) is 8.42 Å². The van der Waals surface area contributed by atoms with Crippen molar-refractivity contribution in [3.8, 4) is 0 Å². The van der Waals surface area contributed by atoms with E-state index in [1.54, 1.807) is 6.92 Å². The van der Waals surface area contributed by atoms with Crippen LogP contribution in [-0.2, 0) is 9.84 Å². The van der Waals surface area contributed by atoms with Crippen molar-refractivity contribution in [2.45, 2.75) is 12.1 Å². The predicted octanol–water partition coefficient (Wildman–Crippen LogP) is -0.0863. The third kappa shape index (κ3) is 3.54. The van der Waals surface area contributed by atoms with Crippen LogP contribution < -0.4 is 5.73 Å². The van der Waals surface area contributed by atoms with E-state index in [1.807, 2.05) is 0 Å². The molecule has 0 atom stereocenters. The first-order valence-electron chi connectivity index (χ1n) is 4.04. The summed E-state index contributed by atoms with van der Waals surface area (Å²) in [6.45, 7) is 1.63. The lowest BCUT2D eigenvalue weighted by Gasteiger charge is -1.97. The summed E-state index contributed by atoms with van der Waals surface area (Å²) in [5.41, 5.74) is 5.30. The number of nitrogens with one attached hydrogen (secondary N) is 1. The predicted molar refractivity (Wildman–Crippen MR) is 55.8 cm³/mol. The minimum Gasteiger partial charge on any atom is -0.368 e. The number of thioether (sulfide) groups is 1. The van der Waals surface area contributed by atoms with Crippen molar-refractivity contribution < 1.29 is 8.42 Å². The molecule has 0 saturated heterocycles. The van der Waals surface area contributed by atoms with E-state index in [-0.39, 0.29) is 17.5 Å². The van der Waals surface area contributed by atoms with Crippen molar-refractivity contribution in [1.29, 1.82) is 0 Å². The highest BCUT2D eigenvalue weighted by atomic mass is 32.2. The van der Waals surface area contributed by atoms with E-state index in [0.29, 0.717) is 10.9 Å². The van der Waals surface area contributed by atoms with Crippen LogP contribution in [0.25, 0.3) is 0 Å². The molecule has 1 rings (SSSR count). The Hall–Kier alpha value is -0.760. The van der Waals surface area contributed by atoms with E-state index in [1.165, 1.54) is 11.8 Å². The van der Waals surface area contributed by atoms with Crippen molar-refractivity contribution in [2.75, 3.05) is 23.0 Å². The molecule has 0 aromatic carbocycles.